The maximum Gasteiger partial charge on any atom is 0.0780 e. The molecule has 3 atom stereocenters. The van der Waals surface area contributed by atoms with E-state index in [-0.39, 0.29) is 5.60 Å². The Morgan fingerprint density at radius 2 is 2.36 bits per heavy atom. The molecule has 14 heavy (non-hydrogen) atoms. The number of morpholine rings is 1. The van der Waals surface area contributed by atoms with E-state index in [0.29, 0.717) is 12.0 Å². The van der Waals surface area contributed by atoms with Crippen LogP contribution in [-0.2, 0) is 9.47 Å². The SMILES string of the molecule is CCC1(C)CNCC(C2CCOC2)O1. The molecule has 0 spiro atoms. The van der Waals surface area contributed by atoms with Crippen LogP contribution in [0.15, 0.2) is 0 Å². The quantitative estimate of drug-likeness (QED) is 0.724. The highest BCUT2D eigenvalue weighted by molar-refractivity contribution is 4.88. The summed E-state index contributed by atoms with van der Waals surface area (Å²) in [6, 6.07) is 0. The lowest BCUT2D eigenvalue weighted by Crippen LogP contribution is -2.54. The van der Waals surface area contributed by atoms with Gasteiger partial charge in [-0.15, -0.1) is 0 Å². The smallest absolute Gasteiger partial charge is 0.0780 e. The predicted molar refractivity (Wildman–Crippen MR) is 55.4 cm³/mol. The zero-order chi connectivity index (χ0) is 10.0. The van der Waals surface area contributed by atoms with Crippen LogP contribution in [0.2, 0.25) is 0 Å². The Kier molecular flexibility index (Phi) is 3.10. The zero-order valence-electron chi connectivity index (χ0n) is 9.21. The lowest BCUT2D eigenvalue weighted by atomic mass is 9.95. The summed E-state index contributed by atoms with van der Waals surface area (Å²) in [7, 11) is 0. The Morgan fingerprint density at radius 1 is 1.50 bits per heavy atom. The fourth-order valence-corrected chi connectivity index (χ4v) is 2.24. The van der Waals surface area contributed by atoms with E-state index >= 15 is 0 Å². The van der Waals surface area contributed by atoms with Crippen LogP contribution in [0.3, 0.4) is 0 Å². The molecule has 2 rings (SSSR count). The molecule has 82 valence electrons. The molecule has 2 fully saturated rings. The van der Waals surface area contributed by atoms with Gasteiger partial charge in [0.15, 0.2) is 0 Å². The van der Waals surface area contributed by atoms with Crippen LogP contribution in [0.25, 0.3) is 0 Å². The molecule has 0 bridgehead atoms. The van der Waals surface area contributed by atoms with Crippen molar-refractivity contribution >= 4 is 0 Å². The molecule has 2 heterocycles. The molecule has 0 aromatic rings. The van der Waals surface area contributed by atoms with E-state index in [1.807, 2.05) is 0 Å². The Hall–Kier alpha value is -0.120. The zero-order valence-corrected chi connectivity index (χ0v) is 9.21. The number of nitrogens with one attached hydrogen (secondary N) is 1. The van der Waals surface area contributed by atoms with Crippen molar-refractivity contribution in [3.8, 4) is 0 Å². The molecule has 0 amide bonds. The van der Waals surface area contributed by atoms with Gasteiger partial charge in [0.05, 0.1) is 18.3 Å². The van der Waals surface area contributed by atoms with E-state index in [9.17, 15) is 0 Å². The third kappa shape index (κ3) is 2.10. The largest absolute Gasteiger partial charge is 0.381 e. The Balaban J connectivity index is 1.93. The van der Waals surface area contributed by atoms with Crippen molar-refractivity contribution in [2.45, 2.75) is 38.4 Å². The van der Waals surface area contributed by atoms with Crippen LogP contribution < -0.4 is 5.32 Å². The second kappa shape index (κ2) is 4.17. The van der Waals surface area contributed by atoms with Crippen LogP contribution in [0.4, 0.5) is 0 Å². The van der Waals surface area contributed by atoms with Crippen LogP contribution in [0.1, 0.15) is 26.7 Å². The first kappa shape index (κ1) is 10.4. The average molecular weight is 199 g/mol. The van der Waals surface area contributed by atoms with Gasteiger partial charge in [-0.05, 0) is 19.8 Å². The summed E-state index contributed by atoms with van der Waals surface area (Å²) in [5.74, 6) is 0.605. The topological polar surface area (TPSA) is 30.5 Å². The second-order valence-electron chi connectivity index (χ2n) is 4.71. The van der Waals surface area contributed by atoms with Gasteiger partial charge in [-0.25, -0.2) is 0 Å². The van der Waals surface area contributed by atoms with Crippen molar-refractivity contribution in [3.05, 3.63) is 0 Å². The van der Waals surface area contributed by atoms with Crippen molar-refractivity contribution in [1.82, 2.24) is 5.32 Å². The van der Waals surface area contributed by atoms with Crippen molar-refractivity contribution in [3.63, 3.8) is 0 Å². The molecular formula is C11H21NO2. The molecule has 3 nitrogen and oxygen atoms in total. The Bertz CT molecular complexity index is 192. The van der Waals surface area contributed by atoms with Crippen molar-refractivity contribution in [2.24, 2.45) is 5.92 Å². The normalized spacial score (nSPS) is 44.1. The van der Waals surface area contributed by atoms with Gasteiger partial charge in [-0.2, -0.15) is 0 Å². The molecular weight excluding hydrogens is 178 g/mol. The Labute approximate surface area is 86.2 Å². The first-order chi connectivity index (χ1) is 6.73. The van der Waals surface area contributed by atoms with Gasteiger partial charge in [0.2, 0.25) is 0 Å². The van der Waals surface area contributed by atoms with E-state index in [1.54, 1.807) is 0 Å². The van der Waals surface area contributed by atoms with Crippen LogP contribution >= 0.6 is 0 Å². The highest BCUT2D eigenvalue weighted by Gasteiger charge is 2.36. The highest BCUT2D eigenvalue weighted by Crippen LogP contribution is 2.27. The Morgan fingerprint density at radius 3 is 3.00 bits per heavy atom. The van der Waals surface area contributed by atoms with Crippen LogP contribution in [0, 0.1) is 5.92 Å². The van der Waals surface area contributed by atoms with Crippen molar-refractivity contribution in [1.29, 1.82) is 0 Å². The lowest BCUT2D eigenvalue weighted by molar-refractivity contribution is -0.127. The fraction of sp³-hybridized carbons (Fsp3) is 1.00. The first-order valence-corrected chi connectivity index (χ1v) is 5.70. The monoisotopic (exact) mass is 199 g/mol. The van der Waals surface area contributed by atoms with E-state index in [1.165, 1.54) is 0 Å². The summed E-state index contributed by atoms with van der Waals surface area (Å²) in [5.41, 5.74) is 0.0332. The maximum absolute atomic E-state index is 6.16. The van der Waals surface area contributed by atoms with Gasteiger partial charge in [0.25, 0.3) is 0 Å². The molecule has 3 unspecified atom stereocenters. The van der Waals surface area contributed by atoms with E-state index < -0.39 is 0 Å². The van der Waals surface area contributed by atoms with Crippen LogP contribution in [-0.4, -0.2) is 38.0 Å². The summed E-state index contributed by atoms with van der Waals surface area (Å²) >= 11 is 0. The average Bonchev–Trinajstić information content (AvgIpc) is 2.71. The number of hydrogen-bond acceptors (Lipinski definition) is 3. The van der Waals surface area contributed by atoms with Gasteiger partial charge < -0.3 is 14.8 Å². The molecule has 2 saturated heterocycles. The van der Waals surface area contributed by atoms with Crippen molar-refractivity contribution in [2.75, 3.05) is 26.3 Å². The van der Waals surface area contributed by atoms with Gasteiger partial charge >= 0.3 is 0 Å². The molecule has 0 saturated carbocycles. The standard InChI is InChI=1S/C11H21NO2/c1-3-11(2)8-12-6-10(14-11)9-4-5-13-7-9/h9-10,12H,3-8H2,1-2H3. The van der Waals surface area contributed by atoms with E-state index in [2.05, 4.69) is 19.2 Å². The third-order valence-electron chi connectivity index (χ3n) is 3.52. The summed E-state index contributed by atoms with van der Waals surface area (Å²) in [6.07, 6.45) is 2.59. The first-order valence-electron chi connectivity index (χ1n) is 5.70. The van der Waals surface area contributed by atoms with Crippen molar-refractivity contribution < 1.29 is 9.47 Å². The van der Waals surface area contributed by atoms with E-state index in [4.69, 9.17) is 9.47 Å². The van der Waals surface area contributed by atoms with Gasteiger partial charge in [0.1, 0.15) is 0 Å². The molecule has 0 aromatic heterocycles. The maximum atomic E-state index is 6.16. The molecule has 1 N–H and O–H groups in total. The minimum absolute atomic E-state index is 0.0332. The summed E-state index contributed by atoms with van der Waals surface area (Å²) in [6.45, 7) is 8.15. The summed E-state index contributed by atoms with van der Waals surface area (Å²) in [4.78, 5) is 0. The minimum atomic E-state index is 0.0332. The second-order valence-corrected chi connectivity index (χ2v) is 4.71. The fourth-order valence-electron chi connectivity index (χ4n) is 2.24. The van der Waals surface area contributed by atoms with Gasteiger partial charge in [0, 0.05) is 25.6 Å². The molecule has 0 aliphatic carbocycles. The summed E-state index contributed by atoms with van der Waals surface area (Å²) < 4.78 is 11.6. The number of ether oxygens (including phenoxy) is 2. The third-order valence-corrected chi connectivity index (χ3v) is 3.52. The molecule has 2 aliphatic rings. The highest BCUT2D eigenvalue weighted by atomic mass is 16.5. The number of hydrogen-bond donors (Lipinski definition) is 1. The molecule has 0 radical (unpaired) electrons. The summed E-state index contributed by atoms with van der Waals surface area (Å²) in [5, 5.41) is 3.47. The molecule has 3 heteroatoms. The van der Waals surface area contributed by atoms with Gasteiger partial charge in [-0.3, -0.25) is 0 Å². The molecule has 2 aliphatic heterocycles. The lowest BCUT2D eigenvalue weighted by Gasteiger charge is -2.40. The minimum Gasteiger partial charge on any atom is -0.381 e. The molecule has 0 aromatic carbocycles. The number of rotatable bonds is 2. The predicted octanol–water partition coefficient (Wildman–Crippen LogP) is 1.18. The van der Waals surface area contributed by atoms with E-state index in [0.717, 1.165) is 39.1 Å². The van der Waals surface area contributed by atoms with Crippen LogP contribution in [0.5, 0.6) is 0 Å². The van der Waals surface area contributed by atoms with Gasteiger partial charge in [-0.1, -0.05) is 6.92 Å².